The summed E-state index contributed by atoms with van der Waals surface area (Å²) in [4.78, 5) is 19.8. The summed E-state index contributed by atoms with van der Waals surface area (Å²) in [6, 6.07) is 1.07. The highest BCUT2D eigenvalue weighted by atomic mass is 32.2. The molecule has 0 atom stereocenters. The Labute approximate surface area is 111 Å². The van der Waals surface area contributed by atoms with Crippen LogP contribution in [0.25, 0.3) is 0 Å². The molecular formula is C9H8F2N2O6S. The maximum Gasteiger partial charge on any atom is 0.304 e. The summed E-state index contributed by atoms with van der Waals surface area (Å²) in [7, 11) is -4.37. The molecule has 0 unspecified atom stereocenters. The number of carboxylic acids is 1. The molecule has 1 aromatic rings. The first-order valence-electron chi connectivity index (χ1n) is 4.98. The Hall–Kier alpha value is -2.30. The predicted molar refractivity (Wildman–Crippen MR) is 62.7 cm³/mol. The predicted octanol–water partition coefficient (Wildman–Crippen LogP) is 1.09. The fourth-order valence-electron chi connectivity index (χ4n) is 1.22. The van der Waals surface area contributed by atoms with Crippen LogP contribution in [0.1, 0.15) is 6.42 Å². The van der Waals surface area contributed by atoms with Gasteiger partial charge in [0.05, 0.1) is 17.1 Å². The van der Waals surface area contributed by atoms with Gasteiger partial charge in [-0.05, 0) is 6.07 Å². The second kappa shape index (κ2) is 5.77. The molecule has 0 aliphatic rings. The van der Waals surface area contributed by atoms with E-state index >= 15 is 0 Å². The van der Waals surface area contributed by atoms with Crippen molar-refractivity contribution in [1.29, 1.82) is 0 Å². The van der Waals surface area contributed by atoms with Crippen LogP contribution >= 0.6 is 0 Å². The van der Waals surface area contributed by atoms with Crippen LogP contribution in [0.5, 0.6) is 0 Å². The van der Waals surface area contributed by atoms with Gasteiger partial charge in [-0.25, -0.2) is 17.2 Å². The van der Waals surface area contributed by atoms with Crippen LogP contribution in [0.4, 0.5) is 20.2 Å². The largest absolute Gasteiger partial charge is 0.481 e. The SMILES string of the molecule is O=C(O)CCS(=O)(=O)Nc1c([N+](=O)[O-])ccc(F)c1F. The second-order valence-corrected chi connectivity index (χ2v) is 5.42. The number of anilines is 1. The topological polar surface area (TPSA) is 127 Å². The molecular weight excluding hydrogens is 302 g/mol. The molecule has 0 aromatic heterocycles. The first-order chi connectivity index (χ1) is 9.14. The standard InChI is InChI=1S/C9H8F2N2O6S/c10-5-1-2-6(13(16)17)9(8(5)11)12-20(18,19)4-3-7(14)15/h1-2,12H,3-4H2,(H,14,15). The van der Waals surface area contributed by atoms with Gasteiger partial charge in [0.15, 0.2) is 17.3 Å². The van der Waals surface area contributed by atoms with E-state index in [4.69, 9.17) is 5.11 Å². The lowest BCUT2D eigenvalue weighted by atomic mass is 10.2. The highest BCUT2D eigenvalue weighted by molar-refractivity contribution is 7.92. The van der Waals surface area contributed by atoms with Crippen LogP contribution in [0, 0.1) is 21.7 Å². The zero-order valence-electron chi connectivity index (χ0n) is 9.67. The molecule has 0 saturated heterocycles. The van der Waals surface area contributed by atoms with E-state index in [9.17, 15) is 32.1 Å². The van der Waals surface area contributed by atoms with Gasteiger partial charge in [0.2, 0.25) is 10.0 Å². The first kappa shape index (κ1) is 15.8. The molecule has 0 fully saturated rings. The van der Waals surface area contributed by atoms with E-state index in [0.29, 0.717) is 12.1 Å². The van der Waals surface area contributed by atoms with E-state index in [1.807, 2.05) is 0 Å². The summed E-state index contributed by atoms with van der Waals surface area (Å²) in [5, 5.41) is 19.0. The fraction of sp³-hybridized carbons (Fsp3) is 0.222. The summed E-state index contributed by atoms with van der Waals surface area (Å²) in [6.45, 7) is 0. The van der Waals surface area contributed by atoms with Gasteiger partial charge in [-0.15, -0.1) is 0 Å². The number of hydrogen-bond acceptors (Lipinski definition) is 5. The van der Waals surface area contributed by atoms with E-state index < -0.39 is 56.1 Å². The monoisotopic (exact) mass is 310 g/mol. The van der Waals surface area contributed by atoms with Crippen molar-refractivity contribution in [2.45, 2.75) is 6.42 Å². The summed E-state index contributed by atoms with van der Waals surface area (Å²) < 4.78 is 50.8. The van der Waals surface area contributed by atoms with Gasteiger partial charge in [-0.2, -0.15) is 0 Å². The Bertz CT molecular complexity index is 661. The van der Waals surface area contributed by atoms with Crippen molar-refractivity contribution in [1.82, 2.24) is 0 Å². The third-order valence-electron chi connectivity index (χ3n) is 2.11. The molecule has 8 nitrogen and oxygen atoms in total. The quantitative estimate of drug-likeness (QED) is 0.598. The Kier molecular flexibility index (Phi) is 4.55. The Morgan fingerprint density at radius 2 is 2.00 bits per heavy atom. The Morgan fingerprint density at radius 1 is 1.40 bits per heavy atom. The number of rotatable bonds is 6. The van der Waals surface area contributed by atoms with E-state index in [2.05, 4.69) is 0 Å². The summed E-state index contributed by atoms with van der Waals surface area (Å²) in [6.07, 6.45) is -0.792. The fourth-order valence-corrected chi connectivity index (χ4v) is 2.27. The minimum absolute atomic E-state index is 0.475. The minimum atomic E-state index is -4.37. The molecule has 0 amide bonds. The first-order valence-corrected chi connectivity index (χ1v) is 6.64. The number of nitro groups is 1. The molecule has 2 N–H and O–H groups in total. The number of nitrogens with one attached hydrogen (secondary N) is 1. The highest BCUT2D eigenvalue weighted by Crippen LogP contribution is 2.29. The number of hydrogen-bond donors (Lipinski definition) is 2. The van der Waals surface area contributed by atoms with Crippen LogP contribution in [0.2, 0.25) is 0 Å². The molecule has 0 saturated carbocycles. The Morgan fingerprint density at radius 3 is 2.50 bits per heavy atom. The maximum absolute atomic E-state index is 13.4. The summed E-state index contributed by atoms with van der Waals surface area (Å²) >= 11 is 0. The van der Waals surface area contributed by atoms with Crippen molar-refractivity contribution in [2.24, 2.45) is 0 Å². The molecule has 1 rings (SSSR count). The molecule has 0 aliphatic heterocycles. The van der Waals surface area contributed by atoms with Crippen molar-refractivity contribution in [3.63, 3.8) is 0 Å². The smallest absolute Gasteiger partial charge is 0.304 e. The lowest BCUT2D eigenvalue weighted by Crippen LogP contribution is -2.20. The van der Waals surface area contributed by atoms with Gasteiger partial charge in [-0.3, -0.25) is 19.6 Å². The van der Waals surface area contributed by atoms with Gasteiger partial charge in [0, 0.05) is 6.07 Å². The van der Waals surface area contributed by atoms with Crippen LogP contribution in [-0.4, -0.2) is 30.2 Å². The lowest BCUT2D eigenvalue weighted by Gasteiger charge is -2.08. The molecule has 0 spiro atoms. The molecule has 20 heavy (non-hydrogen) atoms. The molecule has 1 aromatic carbocycles. The van der Waals surface area contributed by atoms with Crippen molar-refractivity contribution in [3.05, 3.63) is 33.9 Å². The normalized spacial score (nSPS) is 11.1. The van der Waals surface area contributed by atoms with Crippen LogP contribution < -0.4 is 4.72 Å². The van der Waals surface area contributed by atoms with Crippen LogP contribution in [-0.2, 0) is 14.8 Å². The van der Waals surface area contributed by atoms with E-state index in [1.54, 1.807) is 0 Å². The van der Waals surface area contributed by atoms with E-state index in [1.165, 1.54) is 4.72 Å². The summed E-state index contributed by atoms with van der Waals surface area (Å²) in [5.74, 6) is -5.58. The van der Waals surface area contributed by atoms with Gasteiger partial charge < -0.3 is 5.11 Å². The molecule has 0 aliphatic carbocycles. The maximum atomic E-state index is 13.4. The average molecular weight is 310 g/mol. The van der Waals surface area contributed by atoms with Crippen LogP contribution in [0.3, 0.4) is 0 Å². The third kappa shape index (κ3) is 3.85. The van der Waals surface area contributed by atoms with Gasteiger partial charge in [-0.1, -0.05) is 0 Å². The molecule has 0 bridgehead atoms. The number of halogens is 2. The number of carboxylic acid groups (broad SMARTS) is 1. The molecule has 0 heterocycles. The number of sulfonamides is 1. The molecule has 0 radical (unpaired) electrons. The number of nitrogens with zero attached hydrogens (tertiary/aromatic N) is 1. The third-order valence-corrected chi connectivity index (χ3v) is 3.37. The number of carbonyl (C=O) groups is 1. The van der Waals surface area contributed by atoms with E-state index in [0.717, 1.165) is 0 Å². The number of benzene rings is 1. The van der Waals surface area contributed by atoms with Gasteiger partial charge in [0.1, 0.15) is 0 Å². The highest BCUT2D eigenvalue weighted by Gasteiger charge is 2.25. The number of nitro benzene ring substituents is 1. The number of aliphatic carboxylic acids is 1. The minimum Gasteiger partial charge on any atom is -0.481 e. The van der Waals surface area contributed by atoms with Crippen molar-refractivity contribution >= 4 is 27.4 Å². The van der Waals surface area contributed by atoms with Crippen LogP contribution in [0.15, 0.2) is 12.1 Å². The average Bonchev–Trinajstić information content (AvgIpc) is 2.32. The van der Waals surface area contributed by atoms with Gasteiger partial charge >= 0.3 is 5.97 Å². The zero-order chi connectivity index (χ0) is 15.5. The summed E-state index contributed by atoms with van der Waals surface area (Å²) in [5.41, 5.74) is -2.15. The zero-order valence-corrected chi connectivity index (χ0v) is 10.5. The van der Waals surface area contributed by atoms with Crippen molar-refractivity contribution < 1.29 is 32.0 Å². The van der Waals surface area contributed by atoms with Gasteiger partial charge in [0.25, 0.3) is 5.69 Å². The Balaban J connectivity index is 3.17. The van der Waals surface area contributed by atoms with Crippen molar-refractivity contribution in [3.8, 4) is 0 Å². The van der Waals surface area contributed by atoms with Crippen molar-refractivity contribution in [2.75, 3.05) is 10.5 Å². The molecule has 11 heteroatoms. The lowest BCUT2D eigenvalue weighted by molar-refractivity contribution is -0.384. The molecule has 110 valence electrons. The second-order valence-electron chi connectivity index (χ2n) is 3.58. The van der Waals surface area contributed by atoms with E-state index in [-0.39, 0.29) is 0 Å².